The third kappa shape index (κ3) is 3.00. The van der Waals surface area contributed by atoms with E-state index in [9.17, 15) is 9.90 Å². The molecule has 1 unspecified atom stereocenters. The molecule has 0 radical (unpaired) electrons. The van der Waals surface area contributed by atoms with Crippen LogP contribution in [-0.2, 0) is 17.6 Å². The normalized spacial score (nSPS) is 14.3. The van der Waals surface area contributed by atoms with E-state index < -0.39 is 11.9 Å². The van der Waals surface area contributed by atoms with Crippen LogP contribution in [0.3, 0.4) is 0 Å². The van der Waals surface area contributed by atoms with E-state index in [-0.39, 0.29) is 0 Å². The van der Waals surface area contributed by atoms with Crippen molar-refractivity contribution >= 4 is 38.4 Å². The van der Waals surface area contributed by atoms with Crippen LogP contribution in [0.25, 0.3) is 32.2 Å². The maximum atomic E-state index is 12.3. The van der Waals surface area contributed by atoms with Gasteiger partial charge in [0.15, 0.2) is 0 Å². The minimum Gasteiger partial charge on any atom is -0.481 e. The summed E-state index contributed by atoms with van der Waals surface area (Å²) in [5.41, 5.74) is 10.4. The smallest absolute Gasteiger partial charge is 0.311 e. The zero-order valence-electron chi connectivity index (χ0n) is 17.2. The Labute approximate surface area is 179 Å². The number of aromatic nitrogens is 2. The van der Waals surface area contributed by atoms with Crippen molar-refractivity contribution in [2.45, 2.75) is 51.9 Å². The highest BCUT2D eigenvalue weighted by Gasteiger charge is 2.29. The molecule has 0 saturated heterocycles. The van der Waals surface area contributed by atoms with E-state index in [0.29, 0.717) is 6.42 Å². The molecule has 152 valence electrons. The summed E-state index contributed by atoms with van der Waals surface area (Å²) >= 11 is 1.62. The Hall–Kier alpha value is -2.79. The van der Waals surface area contributed by atoms with E-state index in [1.54, 1.807) is 11.3 Å². The van der Waals surface area contributed by atoms with Gasteiger partial charge in [-0.05, 0) is 78.6 Å². The fourth-order valence-electron chi connectivity index (χ4n) is 5.00. The molecule has 1 aliphatic rings. The molecule has 30 heavy (non-hydrogen) atoms. The molecule has 1 N–H and O–H groups in total. The van der Waals surface area contributed by atoms with Gasteiger partial charge >= 0.3 is 5.97 Å². The molecule has 5 heteroatoms. The molecule has 0 aliphatic heterocycles. The molecular weight excluding hydrogens is 392 g/mol. The summed E-state index contributed by atoms with van der Waals surface area (Å²) < 4.78 is 1.12. The first-order valence-corrected chi connectivity index (χ1v) is 11.5. The zero-order chi connectivity index (χ0) is 20.8. The second kappa shape index (κ2) is 7.47. The van der Waals surface area contributed by atoms with Gasteiger partial charge in [-0.2, -0.15) is 0 Å². The van der Waals surface area contributed by atoms with Gasteiger partial charge in [-0.15, -0.1) is 11.3 Å². The second-order valence-corrected chi connectivity index (χ2v) is 9.04. The number of benzene rings is 2. The van der Waals surface area contributed by atoms with Gasteiger partial charge in [0.2, 0.25) is 0 Å². The fourth-order valence-corrected chi connectivity index (χ4v) is 5.72. The number of rotatable bonds is 5. The van der Waals surface area contributed by atoms with Gasteiger partial charge in [-0.25, -0.2) is 4.98 Å². The molecule has 5 rings (SSSR count). The Morgan fingerprint density at radius 2 is 2.03 bits per heavy atom. The average molecular weight is 417 g/mol. The largest absolute Gasteiger partial charge is 0.481 e. The Morgan fingerprint density at radius 1 is 1.20 bits per heavy atom. The predicted molar refractivity (Wildman–Crippen MR) is 122 cm³/mol. The Morgan fingerprint density at radius 3 is 2.83 bits per heavy atom. The number of fused-ring (bicyclic) bond motifs is 4. The van der Waals surface area contributed by atoms with Crippen LogP contribution >= 0.6 is 11.3 Å². The number of nitrogens with zero attached hydrogens (tertiary/aromatic N) is 2. The molecule has 2 heterocycles. The number of aryl methyl sites for hydroxylation is 3. The van der Waals surface area contributed by atoms with Crippen molar-refractivity contribution in [3.05, 3.63) is 58.2 Å². The molecule has 1 atom stereocenters. The first-order valence-electron chi connectivity index (χ1n) is 10.6. The van der Waals surface area contributed by atoms with Crippen molar-refractivity contribution < 1.29 is 9.90 Å². The van der Waals surface area contributed by atoms with Crippen LogP contribution in [0.5, 0.6) is 0 Å². The van der Waals surface area contributed by atoms with Gasteiger partial charge in [0.05, 0.1) is 27.2 Å². The molecule has 2 aromatic heterocycles. The van der Waals surface area contributed by atoms with Crippen LogP contribution in [0.15, 0.2) is 35.8 Å². The van der Waals surface area contributed by atoms with E-state index in [2.05, 4.69) is 29.2 Å². The Balaban J connectivity index is 1.92. The maximum absolute atomic E-state index is 12.3. The van der Waals surface area contributed by atoms with Crippen molar-refractivity contribution in [2.75, 3.05) is 0 Å². The molecule has 0 amide bonds. The van der Waals surface area contributed by atoms with Crippen molar-refractivity contribution in [3.63, 3.8) is 0 Å². The summed E-state index contributed by atoms with van der Waals surface area (Å²) in [6.07, 6.45) is 4.67. The van der Waals surface area contributed by atoms with E-state index in [4.69, 9.17) is 4.98 Å². The molecular formula is C25H24N2O2S. The van der Waals surface area contributed by atoms with Crippen molar-refractivity contribution in [3.8, 4) is 11.1 Å². The summed E-state index contributed by atoms with van der Waals surface area (Å²) in [7, 11) is 0. The van der Waals surface area contributed by atoms with E-state index in [1.165, 1.54) is 11.1 Å². The molecule has 0 fully saturated rings. The SMILES string of the molecule is CCCC(C(=O)O)c1c(C)nc2ccc3c(c2c1-c1ccc2ncsc2c1)CCC3. The van der Waals surface area contributed by atoms with Gasteiger partial charge in [0.1, 0.15) is 0 Å². The van der Waals surface area contributed by atoms with Crippen LogP contribution in [0.1, 0.15) is 54.5 Å². The molecule has 1 aliphatic carbocycles. The number of hydrogen-bond acceptors (Lipinski definition) is 4. The van der Waals surface area contributed by atoms with Gasteiger partial charge in [0, 0.05) is 11.1 Å². The lowest BCUT2D eigenvalue weighted by Gasteiger charge is -2.22. The maximum Gasteiger partial charge on any atom is 0.311 e. The molecule has 0 bridgehead atoms. The Kier molecular flexibility index (Phi) is 4.78. The van der Waals surface area contributed by atoms with Crippen LogP contribution in [0.2, 0.25) is 0 Å². The lowest BCUT2D eigenvalue weighted by atomic mass is 9.83. The molecule has 4 aromatic rings. The minimum atomic E-state index is -0.770. The minimum absolute atomic E-state index is 0.559. The zero-order valence-corrected chi connectivity index (χ0v) is 18.1. The highest BCUT2D eigenvalue weighted by molar-refractivity contribution is 7.16. The van der Waals surface area contributed by atoms with Crippen LogP contribution in [0, 0.1) is 6.92 Å². The summed E-state index contributed by atoms with van der Waals surface area (Å²) in [5.74, 6) is -1.33. The quantitative estimate of drug-likeness (QED) is 0.416. The number of aliphatic carboxylic acids is 1. The number of hydrogen-bond donors (Lipinski definition) is 1. The highest BCUT2D eigenvalue weighted by Crippen LogP contribution is 2.43. The number of thiazole rings is 1. The summed E-state index contributed by atoms with van der Waals surface area (Å²) in [6.45, 7) is 4.00. The van der Waals surface area contributed by atoms with Gasteiger partial charge in [-0.1, -0.05) is 25.5 Å². The monoisotopic (exact) mass is 416 g/mol. The lowest BCUT2D eigenvalue weighted by molar-refractivity contribution is -0.139. The van der Waals surface area contributed by atoms with Crippen LogP contribution < -0.4 is 0 Å². The first-order chi connectivity index (χ1) is 14.6. The van der Waals surface area contributed by atoms with E-state index in [0.717, 1.165) is 69.2 Å². The predicted octanol–water partition coefficient (Wildman–Crippen LogP) is 6.28. The van der Waals surface area contributed by atoms with Gasteiger partial charge < -0.3 is 5.11 Å². The molecule has 0 saturated carbocycles. The van der Waals surface area contributed by atoms with Gasteiger partial charge in [0.25, 0.3) is 0 Å². The van der Waals surface area contributed by atoms with Crippen LogP contribution in [-0.4, -0.2) is 21.0 Å². The topological polar surface area (TPSA) is 63.1 Å². The number of pyridine rings is 1. The van der Waals surface area contributed by atoms with E-state index in [1.807, 2.05) is 25.4 Å². The molecule has 4 nitrogen and oxygen atoms in total. The molecule has 2 aromatic carbocycles. The third-order valence-electron chi connectivity index (χ3n) is 6.30. The van der Waals surface area contributed by atoms with E-state index >= 15 is 0 Å². The third-order valence-corrected chi connectivity index (χ3v) is 7.09. The standard InChI is InChI=1S/C25H24N2O2S/c1-3-5-18(25(28)29)22-14(2)27-20-11-8-15-6-4-7-17(15)24(20)23(22)16-9-10-19-21(12-16)30-13-26-19/h8-13,18H,3-7H2,1-2H3,(H,28,29). The second-order valence-electron chi connectivity index (χ2n) is 8.15. The van der Waals surface area contributed by atoms with Crippen molar-refractivity contribution in [1.82, 2.24) is 9.97 Å². The summed E-state index contributed by atoms with van der Waals surface area (Å²) in [5, 5.41) is 11.3. The Bertz CT molecular complexity index is 1290. The number of carboxylic acid groups (broad SMARTS) is 1. The summed E-state index contributed by atoms with van der Waals surface area (Å²) in [6, 6.07) is 10.6. The average Bonchev–Trinajstić information content (AvgIpc) is 3.39. The van der Waals surface area contributed by atoms with Crippen molar-refractivity contribution in [1.29, 1.82) is 0 Å². The van der Waals surface area contributed by atoms with Crippen LogP contribution in [0.4, 0.5) is 0 Å². The molecule has 0 spiro atoms. The van der Waals surface area contributed by atoms with Gasteiger partial charge in [-0.3, -0.25) is 9.78 Å². The summed E-state index contributed by atoms with van der Waals surface area (Å²) in [4.78, 5) is 21.7. The number of carboxylic acids is 1. The lowest BCUT2D eigenvalue weighted by Crippen LogP contribution is -2.15. The highest BCUT2D eigenvalue weighted by atomic mass is 32.1. The first kappa shape index (κ1) is 19.2. The van der Waals surface area contributed by atoms with Crippen molar-refractivity contribution in [2.24, 2.45) is 0 Å². The number of carbonyl (C=O) groups is 1. The fraction of sp³-hybridized carbons (Fsp3) is 0.320.